The summed E-state index contributed by atoms with van der Waals surface area (Å²) in [5.41, 5.74) is 0.811. The summed E-state index contributed by atoms with van der Waals surface area (Å²) in [5, 5.41) is 14.1. The zero-order valence-electron chi connectivity index (χ0n) is 17.1. The number of nitrogens with one attached hydrogen (secondary N) is 1. The van der Waals surface area contributed by atoms with Crippen molar-refractivity contribution in [3.05, 3.63) is 39.9 Å². The molecule has 1 aromatic carbocycles. The number of rotatable bonds is 8. The van der Waals surface area contributed by atoms with Gasteiger partial charge in [0.15, 0.2) is 5.96 Å². The Morgan fingerprint density at radius 1 is 1.31 bits per heavy atom. The number of guanidine groups is 1. The zero-order valence-corrected chi connectivity index (χ0v) is 17.9. The van der Waals surface area contributed by atoms with E-state index in [9.17, 15) is 18.5 Å². The van der Waals surface area contributed by atoms with Gasteiger partial charge in [0.05, 0.1) is 23.4 Å². The second-order valence-corrected chi connectivity index (χ2v) is 9.04. The summed E-state index contributed by atoms with van der Waals surface area (Å²) in [5.74, 6) is 0.613. The first kappa shape index (κ1) is 23.0. The molecule has 0 saturated carbocycles. The highest BCUT2D eigenvalue weighted by atomic mass is 32.2. The maximum Gasteiger partial charge on any atom is 0.269 e. The minimum absolute atomic E-state index is 0.00231. The number of ether oxygens (including phenoxy) is 1. The Balaban J connectivity index is 1.87. The van der Waals surface area contributed by atoms with Crippen LogP contribution in [0, 0.1) is 10.1 Å². The highest BCUT2D eigenvalue weighted by Crippen LogP contribution is 2.13. The first-order valence-electron chi connectivity index (χ1n) is 9.51. The van der Waals surface area contributed by atoms with Gasteiger partial charge in [-0.2, -0.15) is 4.31 Å². The molecule has 0 bridgehead atoms. The van der Waals surface area contributed by atoms with Gasteiger partial charge in [0.1, 0.15) is 0 Å². The van der Waals surface area contributed by atoms with Crippen molar-refractivity contribution in [3.63, 3.8) is 0 Å². The lowest BCUT2D eigenvalue weighted by Crippen LogP contribution is -2.54. The van der Waals surface area contributed by atoms with E-state index in [1.807, 2.05) is 18.7 Å². The van der Waals surface area contributed by atoms with E-state index in [-0.39, 0.29) is 24.2 Å². The molecule has 29 heavy (non-hydrogen) atoms. The first-order chi connectivity index (χ1) is 13.7. The van der Waals surface area contributed by atoms with Crippen LogP contribution < -0.4 is 5.32 Å². The minimum Gasteiger partial charge on any atom is -0.378 e. The molecule has 1 aliphatic rings. The van der Waals surface area contributed by atoms with Crippen molar-refractivity contribution in [2.24, 2.45) is 4.99 Å². The molecule has 1 heterocycles. The molecule has 0 atom stereocenters. The van der Waals surface area contributed by atoms with Crippen LogP contribution in [0.15, 0.2) is 29.3 Å². The van der Waals surface area contributed by atoms with Gasteiger partial charge in [-0.25, -0.2) is 8.42 Å². The predicted octanol–water partition coefficient (Wildman–Crippen LogP) is 1.04. The van der Waals surface area contributed by atoms with E-state index < -0.39 is 14.9 Å². The van der Waals surface area contributed by atoms with Gasteiger partial charge < -0.3 is 15.0 Å². The fourth-order valence-electron chi connectivity index (χ4n) is 2.99. The van der Waals surface area contributed by atoms with Crippen LogP contribution in [0.25, 0.3) is 0 Å². The van der Waals surface area contributed by atoms with Crippen LogP contribution in [0.5, 0.6) is 0 Å². The van der Waals surface area contributed by atoms with E-state index in [1.54, 1.807) is 19.2 Å². The molecule has 1 aliphatic heterocycles. The number of sulfonamides is 1. The smallest absolute Gasteiger partial charge is 0.269 e. The summed E-state index contributed by atoms with van der Waals surface area (Å²) in [4.78, 5) is 16.7. The van der Waals surface area contributed by atoms with Gasteiger partial charge in [0, 0.05) is 51.9 Å². The predicted molar refractivity (Wildman–Crippen MR) is 111 cm³/mol. The van der Waals surface area contributed by atoms with E-state index in [0.717, 1.165) is 5.56 Å². The third-order valence-corrected chi connectivity index (χ3v) is 6.34. The fraction of sp³-hybridized carbons (Fsp3) is 0.611. The average molecular weight is 428 g/mol. The summed E-state index contributed by atoms with van der Waals surface area (Å²) in [7, 11) is -1.69. The Morgan fingerprint density at radius 2 is 2.00 bits per heavy atom. The average Bonchev–Trinajstić information content (AvgIpc) is 2.68. The highest BCUT2D eigenvalue weighted by molar-refractivity contribution is 7.89. The Kier molecular flexibility index (Phi) is 8.35. The third-order valence-electron chi connectivity index (χ3n) is 4.51. The largest absolute Gasteiger partial charge is 0.378 e. The number of benzene rings is 1. The molecule has 2 rings (SSSR count). The Bertz CT molecular complexity index is 820. The molecule has 0 spiro atoms. The van der Waals surface area contributed by atoms with Gasteiger partial charge in [0.25, 0.3) is 5.69 Å². The molecule has 0 unspecified atom stereocenters. The SMILES string of the molecule is CN=C(NCc1cccc([N+](=O)[O-])c1)N1CCN(S(=O)(=O)CCOC(C)C)CC1. The van der Waals surface area contributed by atoms with Crippen molar-refractivity contribution in [2.75, 3.05) is 45.6 Å². The van der Waals surface area contributed by atoms with E-state index in [4.69, 9.17) is 4.74 Å². The lowest BCUT2D eigenvalue weighted by atomic mass is 10.2. The van der Waals surface area contributed by atoms with Gasteiger partial charge in [0.2, 0.25) is 10.0 Å². The van der Waals surface area contributed by atoms with E-state index in [1.165, 1.54) is 16.4 Å². The fourth-order valence-corrected chi connectivity index (χ4v) is 4.27. The molecule has 1 fully saturated rings. The Hall–Kier alpha value is -2.24. The van der Waals surface area contributed by atoms with Crippen LogP contribution in [-0.2, 0) is 21.3 Å². The molecule has 0 aromatic heterocycles. The Morgan fingerprint density at radius 3 is 2.59 bits per heavy atom. The molecule has 10 nitrogen and oxygen atoms in total. The first-order valence-corrected chi connectivity index (χ1v) is 11.1. The van der Waals surface area contributed by atoms with Gasteiger partial charge >= 0.3 is 0 Å². The van der Waals surface area contributed by atoms with Gasteiger partial charge in [-0.1, -0.05) is 12.1 Å². The van der Waals surface area contributed by atoms with Crippen LogP contribution in [0.3, 0.4) is 0 Å². The quantitative estimate of drug-likeness (QED) is 0.285. The molecule has 0 radical (unpaired) electrons. The standard InChI is InChI=1S/C18H29N5O5S/c1-15(2)28-11-12-29(26,27)22-9-7-21(8-10-22)18(19-3)20-14-16-5-4-6-17(13-16)23(24)25/h4-6,13,15H,7-12,14H2,1-3H3,(H,19,20). The van der Waals surface area contributed by atoms with E-state index in [0.29, 0.717) is 38.7 Å². The second-order valence-electron chi connectivity index (χ2n) is 6.95. The molecule has 1 saturated heterocycles. The normalized spacial score (nSPS) is 16.3. The lowest BCUT2D eigenvalue weighted by molar-refractivity contribution is -0.384. The molecule has 0 amide bonds. The van der Waals surface area contributed by atoms with Crippen LogP contribution in [0.4, 0.5) is 5.69 Å². The van der Waals surface area contributed by atoms with Crippen LogP contribution in [-0.4, -0.2) is 80.2 Å². The summed E-state index contributed by atoms with van der Waals surface area (Å²) >= 11 is 0. The van der Waals surface area contributed by atoms with Gasteiger partial charge in [-0.05, 0) is 19.4 Å². The molecule has 1 N–H and O–H groups in total. The molecular formula is C18H29N5O5S. The topological polar surface area (TPSA) is 117 Å². The molecular weight excluding hydrogens is 398 g/mol. The number of nitro groups is 1. The van der Waals surface area contributed by atoms with Crippen molar-refractivity contribution >= 4 is 21.7 Å². The second kappa shape index (κ2) is 10.5. The summed E-state index contributed by atoms with van der Waals surface area (Å²) in [6, 6.07) is 6.41. The lowest BCUT2D eigenvalue weighted by Gasteiger charge is -2.35. The van der Waals surface area contributed by atoms with Crippen molar-refractivity contribution in [1.29, 1.82) is 0 Å². The summed E-state index contributed by atoms with van der Waals surface area (Å²) < 4.78 is 31.7. The number of hydrogen-bond donors (Lipinski definition) is 1. The van der Waals surface area contributed by atoms with Gasteiger partial charge in [-0.15, -0.1) is 0 Å². The third kappa shape index (κ3) is 6.94. The van der Waals surface area contributed by atoms with E-state index in [2.05, 4.69) is 10.3 Å². The monoisotopic (exact) mass is 427 g/mol. The summed E-state index contributed by atoms with van der Waals surface area (Å²) in [6.45, 7) is 6.10. The van der Waals surface area contributed by atoms with Crippen molar-refractivity contribution in [1.82, 2.24) is 14.5 Å². The zero-order chi connectivity index (χ0) is 21.4. The number of nitrogens with zero attached hydrogens (tertiary/aromatic N) is 4. The van der Waals surface area contributed by atoms with Crippen molar-refractivity contribution in [3.8, 4) is 0 Å². The van der Waals surface area contributed by atoms with Crippen molar-refractivity contribution in [2.45, 2.75) is 26.5 Å². The van der Waals surface area contributed by atoms with Crippen LogP contribution in [0.2, 0.25) is 0 Å². The minimum atomic E-state index is -3.35. The number of nitro benzene ring substituents is 1. The van der Waals surface area contributed by atoms with Crippen molar-refractivity contribution < 1.29 is 18.1 Å². The van der Waals surface area contributed by atoms with E-state index >= 15 is 0 Å². The van der Waals surface area contributed by atoms with Gasteiger partial charge in [-0.3, -0.25) is 15.1 Å². The molecule has 1 aromatic rings. The number of aliphatic imine (C=N–C) groups is 1. The van der Waals surface area contributed by atoms with Crippen LogP contribution >= 0.6 is 0 Å². The highest BCUT2D eigenvalue weighted by Gasteiger charge is 2.28. The molecule has 11 heteroatoms. The number of hydrogen-bond acceptors (Lipinski definition) is 6. The maximum atomic E-state index is 12.4. The summed E-state index contributed by atoms with van der Waals surface area (Å²) in [6.07, 6.45) is 0.00231. The van der Waals surface area contributed by atoms with Crippen LogP contribution in [0.1, 0.15) is 19.4 Å². The maximum absolute atomic E-state index is 12.4. The number of non-ortho nitro benzene ring substituents is 1. The molecule has 0 aliphatic carbocycles. The number of piperazine rings is 1. The Labute approximate surface area is 171 Å². The molecule has 162 valence electrons.